The number of benzene rings is 4. The molecule has 0 aromatic heterocycles. The van der Waals surface area contributed by atoms with E-state index >= 15 is 0 Å². The van der Waals surface area contributed by atoms with Crippen LogP contribution < -0.4 is 5.32 Å². The molecule has 0 aliphatic heterocycles. The minimum Gasteiger partial charge on any atom is -0.508 e. The molecule has 138 valence electrons. The maximum atomic E-state index is 13.0. The first kappa shape index (κ1) is 18.1. The molecule has 4 aromatic rings. The zero-order valence-corrected chi connectivity index (χ0v) is 15.7. The third kappa shape index (κ3) is 3.45. The Kier molecular flexibility index (Phi) is 5.00. The molecule has 0 heterocycles. The lowest BCUT2D eigenvalue weighted by atomic mass is 9.92. The van der Waals surface area contributed by atoms with E-state index in [0.717, 1.165) is 16.3 Å². The van der Waals surface area contributed by atoms with E-state index in [1.165, 1.54) is 0 Å². The minimum atomic E-state index is -0.531. The van der Waals surface area contributed by atoms with Crippen LogP contribution in [0.4, 0.5) is 0 Å². The Labute approximate surface area is 168 Å². The molecule has 0 aliphatic rings. The van der Waals surface area contributed by atoms with Crippen molar-refractivity contribution in [1.82, 2.24) is 5.32 Å². The molecule has 0 aliphatic carbocycles. The molecular weight excluding hydrogens is 370 g/mol. The molecule has 0 spiro atoms. The van der Waals surface area contributed by atoms with Crippen LogP contribution in [-0.4, -0.2) is 11.0 Å². The molecule has 0 fully saturated rings. The van der Waals surface area contributed by atoms with Crippen molar-refractivity contribution in [2.24, 2.45) is 0 Å². The molecule has 1 amide bonds. The topological polar surface area (TPSA) is 49.3 Å². The average molecular weight is 388 g/mol. The molecular formula is C24H18ClNO2. The van der Waals surface area contributed by atoms with Gasteiger partial charge in [-0.2, -0.15) is 0 Å². The first-order valence-corrected chi connectivity index (χ1v) is 9.34. The second kappa shape index (κ2) is 7.75. The summed E-state index contributed by atoms with van der Waals surface area (Å²) in [5, 5.41) is 16.0. The number of fused-ring (bicyclic) bond motifs is 1. The second-order valence-corrected chi connectivity index (χ2v) is 6.92. The van der Waals surface area contributed by atoms with Gasteiger partial charge in [-0.25, -0.2) is 0 Å². The molecule has 0 bridgehead atoms. The van der Waals surface area contributed by atoms with E-state index in [-0.39, 0.29) is 11.7 Å². The summed E-state index contributed by atoms with van der Waals surface area (Å²) in [4.78, 5) is 13.0. The maximum Gasteiger partial charge on any atom is 0.253 e. The molecule has 2 N–H and O–H groups in total. The van der Waals surface area contributed by atoms with Gasteiger partial charge in [0.1, 0.15) is 5.75 Å². The summed E-state index contributed by atoms with van der Waals surface area (Å²) in [5.74, 6) is -0.168. The van der Waals surface area contributed by atoms with E-state index in [2.05, 4.69) is 5.32 Å². The van der Waals surface area contributed by atoms with Gasteiger partial charge in [-0.1, -0.05) is 84.4 Å². The van der Waals surface area contributed by atoms with Gasteiger partial charge < -0.3 is 10.4 Å². The van der Waals surface area contributed by atoms with Gasteiger partial charge in [-0.05, 0) is 34.5 Å². The highest BCUT2D eigenvalue weighted by molar-refractivity contribution is 6.33. The van der Waals surface area contributed by atoms with E-state index in [9.17, 15) is 9.90 Å². The molecule has 1 atom stereocenters. The van der Waals surface area contributed by atoms with Crippen LogP contribution in [0.3, 0.4) is 0 Å². The Bertz CT molecular complexity index is 1140. The number of carbonyl (C=O) groups is 1. The van der Waals surface area contributed by atoms with Crippen molar-refractivity contribution in [3.63, 3.8) is 0 Å². The van der Waals surface area contributed by atoms with Gasteiger partial charge in [0.25, 0.3) is 5.91 Å². The summed E-state index contributed by atoms with van der Waals surface area (Å²) >= 11 is 6.21. The molecule has 3 nitrogen and oxygen atoms in total. The average Bonchev–Trinajstić information content (AvgIpc) is 2.73. The summed E-state index contributed by atoms with van der Waals surface area (Å²) in [6.07, 6.45) is 0. The van der Waals surface area contributed by atoms with Crippen LogP contribution >= 0.6 is 11.6 Å². The molecule has 4 aromatic carbocycles. The van der Waals surface area contributed by atoms with Gasteiger partial charge >= 0.3 is 0 Å². The highest BCUT2D eigenvalue weighted by Gasteiger charge is 2.23. The zero-order valence-electron chi connectivity index (χ0n) is 15.0. The first-order chi connectivity index (χ1) is 13.6. The number of phenols is 1. The van der Waals surface area contributed by atoms with Crippen molar-refractivity contribution >= 4 is 28.3 Å². The lowest BCUT2D eigenvalue weighted by Gasteiger charge is -2.23. The number of halogens is 1. The number of aromatic hydroxyl groups is 1. The van der Waals surface area contributed by atoms with E-state index in [4.69, 9.17) is 11.6 Å². The fourth-order valence-electron chi connectivity index (χ4n) is 3.41. The standard InChI is InChI=1S/C24H18ClNO2/c25-20-13-7-6-12-19(20)24(28)26-23(17-9-2-1-3-10-17)22-18-11-5-4-8-16(18)14-15-21(22)27/h1-15,23,27H,(H,26,28)/t23-/m1/s1. The molecule has 0 saturated carbocycles. The third-order valence-corrected chi connectivity index (χ3v) is 5.09. The number of hydrogen-bond acceptors (Lipinski definition) is 2. The van der Waals surface area contributed by atoms with Gasteiger partial charge in [-0.15, -0.1) is 0 Å². The maximum absolute atomic E-state index is 13.0. The van der Waals surface area contributed by atoms with Crippen molar-refractivity contribution in [2.75, 3.05) is 0 Å². The van der Waals surface area contributed by atoms with Crippen LogP contribution in [0, 0.1) is 0 Å². The number of nitrogens with one attached hydrogen (secondary N) is 1. The summed E-state index contributed by atoms with van der Waals surface area (Å²) in [6.45, 7) is 0. The van der Waals surface area contributed by atoms with Gasteiger partial charge in [0.15, 0.2) is 0 Å². The van der Waals surface area contributed by atoms with Gasteiger partial charge in [-0.3, -0.25) is 4.79 Å². The predicted molar refractivity (Wildman–Crippen MR) is 113 cm³/mol. The normalized spacial score (nSPS) is 11.9. The highest BCUT2D eigenvalue weighted by atomic mass is 35.5. The number of carbonyl (C=O) groups excluding carboxylic acids is 1. The molecule has 4 heteroatoms. The van der Waals surface area contributed by atoms with Crippen LogP contribution in [0.5, 0.6) is 5.75 Å². The number of hydrogen-bond donors (Lipinski definition) is 2. The summed E-state index contributed by atoms with van der Waals surface area (Å²) < 4.78 is 0. The first-order valence-electron chi connectivity index (χ1n) is 8.96. The third-order valence-electron chi connectivity index (χ3n) is 4.76. The Hall–Kier alpha value is -3.30. The smallest absolute Gasteiger partial charge is 0.253 e. The Balaban J connectivity index is 1.86. The van der Waals surface area contributed by atoms with Gasteiger partial charge in [0.05, 0.1) is 16.6 Å². The molecule has 28 heavy (non-hydrogen) atoms. The Morgan fingerprint density at radius 2 is 1.50 bits per heavy atom. The van der Waals surface area contributed by atoms with Crippen molar-refractivity contribution in [3.8, 4) is 5.75 Å². The van der Waals surface area contributed by atoms with Crippen LogP contribution in [-0.2, 0) is 0 Å². The van der Waals surface area contributed by atoms with E-state index in [1.807, 2.05) is 60.7 Å². The monoisotopic (exact) mass is 387 g/mol. The lowest BCUT2D eigenvalue weighted by Crippen LogP contribution is -2.29. The van der Waals surface area contributed by atoms with Crippen molar-refractivity contribution in [3.05, 3.63) is 113 Å². The number of phenolic OH excluding ortho intramolecular Hbond substituents is 1. The fourth-order valence-corrected chi connectivity index (χ4v) is 3.63. The zero-order chi connectivity index (χ0) is 19.5. The summed E-state index contributed by atoms with van der Waals surface area (Å²) in [6, 6.07) is 27.3. The van der Waals surface area contributed by atoms with Crippen molar-refractivity contribution in [1.29, 1.82) is 0 Å². The number of rotatable bonds is 4. The van der Waals surface area contributed by atoms with Crippen molar-refractivity contribution in [2.45, 2.75) is 6.04 Å². The van der Waals surface area contributed by atoms with E-state index in [0.29, 0.717) is 16.1 Å². The molecule has 0 unspecified atom stereocenters. The lowest BCUT2D eigenvalue weighted by molar-refractivity contribution is 0.0943. The van der Waals surface area contributed by atoms with Crippen LogP contribution in [0.15, 0.2) is 91.0 Å². The van der Waals surface area contributed by atoms with Crippen LogP contribution in [0.2, 0.25) is 5.02 Å². The van der Waals surface area contributed by atoms with Crippen LogP contribution in [0.1, 0.15) is 27.5 Å². The quantitative estimate of drug-likeness (QED) is 0.470. The van der Waals surface area contributed by atoms with E-state index < -0.39 is 6.04 Å². The SMILES string of the molecule is O=C(N[C@H](c1ccccc1)c1c(O)ccc2ccccc12)c1ccccc1Cl. The largest absolute Gasteiger partial charge is 0.508 e. The minimum absolute atomic E-state index is 0.131. The van der Waals surface area contributed by atoms with Gasteiger partial charge in [0.2, 0.25) is 0 Å². The Morgan fingerprint density at radius 3 is 2.29 bits per heavy atom. The van der Waals surface area contributed by atoms with E-state index in [1.54, 1.807) is 30.3 Å². The van der Waals surface area contributed by atoms with Crippen molar-refractivity contribution < 1.29 is 9.90 Å². The summed E-state index contributed by atoms with van der Waals surface area (Å²) in [7, 11) is 0. The molecule has 0 radical (unpaired) electrons. The number of amides is 1. The Morgan fingerprint density at radius 1 is 0.821 bits per heavy atom. The fraction of sp³-hybridized carbons (Fsp3) is 0.0417. The summed E-state index contributed by atoms with van der Waals surface area (Å²) in [5.41, 5.74) is 1.92. The second-order valence-electron chi connectivity index (χ2n) is 6.52. The molecule has 4 rings (SSSR count). The van der Waals surface area contributed by atoms with Crippen LogP contribution in [0.25, 0.3) is 10.8 Å². The highest BCUT2D eigenvalue weighted by Crippen LogP contribution is 2.36. The van der Waals surface area contributed by atoms with Gasteiger partial charge in [0, 0.05) is 5.56 Å². The predicted octanol–water partition coefficient (Wildman–Crippen LogP) is 5.72. The molecule has 0 saturated heterocycles.